The minimum atomic E-state index is -0.163. The molecule has 0 aromatic heterocycles. The number of nitrogens with one attached hydrogen (secondary N) is 1. The van der Waals surface area contributed by atoms with Gasteiger partial charge in [0, 0.05) is 11.3 Å². The van der Waals surface area contributed by atoms with Gasteiger partial charge in [-0.25, -0.2) is 4.39 Å². The quantitative estimate of drug-likeness (QED) is 0.910. The van der Waals surface area contributed by atoms with Gasteiger partial charge in [0.15, 0.2) is 0 Å². The summed E-state index contributed by atoms with van der Waals surface area (Å²) in [6, 6.07) is 15.9. The highest BCUT2D eigenvalue weighted by molar-refractivity contribution is 5.46. The Bertz CT molecular complexity index is 584. The van der Waals surface area contributed by atoms with Crippen LogP contribution in [0.1, 0.15) is 18.1 Å². The van der Waals surface area contributed by atoms with Gasteiger partial charge in [-0.1, -0.05) is 31.2 Å². The lowest BCUT2D eigenvalue weighted by Crippen LogP contribution is -3.13. The topological polar surface area (TPSA) is 7.68 Å². The zero-order valence-electron chi connectivity index (χ0n) is 13.2. The maximum absolute atomic E-state index is 13.0. The summed E-state index contributed by atoms with van der Waals surface area (Å²) in [5.74, 6) is -0.163. The van der Waals surface area contributed by atoms with Gasteiger partial charge in [0.2, 0.25) is 0 Å². The van der Waals surface area contributed by atoms with Crippen LogP contribution in [-0.2, 0) is 13.0 Å². The summed E-state index contributed by atoms with van der Waals surface area (Å²) >= 11 is 0. The zero-order valence-corrected chi connectivity index (χ0v) is 13.2. The fraction of sp³-hybridized carbons (Fsp3) is 0.368. The normalized spacial score (nSPS) is 16.0. The van der Waals surface area contributed by atoms with Crippen molar-refractivity contribution in [3.05, 3.63) is 65.5 Å². The van der Waals surface area contributed by atoms with Crippen LogP contribution in [0.4, 0.5) is 10.1 Å². The lowest BCUT2D eigenvalue weighted by molar-refractivity contribution is -0.914. The molecule has 1 fully saturated rings. The second-order valence-electron chi connectivity index (χ2n) is 6.06. The van der Waals surface area contributed by atoms with Crippen LogP contribution in [0.15, 0.2) is 48.5 Å². The number of anilines is 1. The first-order chi connectivity index (χ1) is 10.7. The first kappa shape index (κ1) is 15.0. The molecule has 0 spiro atoms. The number of rotatable bonds is 4. The molecule has 2 aromatic rings. The van der Waals surface area contributed by atoms with Gasteiger partial charge in [0.25, 0.3) is 0 Å². The molecule has 2 nitrogen and oxygen atoms in total. The third-order valence-corrected chi connectivity index (χ3v) is 4.55. The highest BCUT2D eigenvalue weighted by atomic mass is 19.1. The Labute approximate surface area is 132 Å². The van der Waals surface area contributed by atoms with E-state index in [9.17, 15) is 4.39 Å². The number of piperazine rings is 1. The molecule has 0 radical (unpaired) electrons. The number of hydrogen-bond acceptors (Lipinski definition) is 1. The van der Waals surface area contributed by atoms with Crippen LogP contribution in [0.5, 0.6) is 0 Å². The van der Waals surface area contributed by atoms with Gasteiger partial charge in [-0.2, -0.15) is 0 Å². The summed E-state index contributed by atoms with van der Waals surface area (Å²) in [4.78, 5) is 3.98. The van der Waals surface area contributed by atoms with Gasteiger partial charge in [-0.15, -0.1) is 0 Å². The molecule has 1 aliphatic heterocycles. The monoisotopic (exact) mass is 299 g/mol. The summed E-state index contributed by atoms with van der Waals surface area (Å²) in [5, 5.41) is 0. The fourth-order valence-electron chi connectivity index (χ4n) is 3.09. The molecule has 1 N–H and O–H groups in total. The van der Waals surface area contributed by atoms with Crippen LogP contribution < -0.4 is 9.80 Å². The Morgan fingerprint density at radius 2 is 1.50 bits per heavy atom. The van der Waals surface area contributed by atoms with Gasteiger partial charge < -0.3 is 9.80 Å². The average molecular weight is 299 g/mol. The largest absolute Gasteiger partial charge is 0.360 e. The van der Waals surface area contributed by atoms with Crippen molar-refractivity contribution in [2.75, 3.05) is 31.1 Å². The Balaban J connectivity index is 1.53. The summed E-state index contributed by atoms with van der Waals surface area (Å²) < 4.78 is 13.0. The first-order valence-electron chi connectivity index (χ1n) is 8.16. The molecule has 3 rings (SSSR count). The van der Waals surface area contributed by atoms with Crippen LogP contribution in [0.2, 0.25) is 0 Å². The average Bonchev–Trinajstić information content (AvgIpc) is 2.57. The molecule has 0 unspecified atom stereocenters. The number of nitrogens with zero attached hydrogens (tertiary/aromatic N) is 1. The number of quaternary nitrogens is 1. The number of benzene rings is 2. The SMILES string of the molecule is CCc1ccc(C[NH+]2CCN(c3ccc(F)cc3)CC2)cc1. The Morgan fingerprint density at radius 3 is 2.09 bits per heavy atom. The van der Waals surface area contributed by atoms with Crippen molar-refractivity contribution in [3.63, 3.8) is 0 Å². The second kappa shape index (κ2) is 6.93. The molecule has 1 aliphatic rings. The lowest BCUT2D eigenvalue weighted by atomic mass is 10.1. The first-order valence-corrected chi connectivity index (χ1v) is 8.16. The summed E-state index contributed by atoms with van der Waals surface area (Å²) in [7, 11) is 0. The van der Waals surface area contributed by atoms with E-state index < -0.39 is 0 Å². The number of halogens is 1. The lowest BCUT2D eigenvalue weighted by Gasteiger charge is -2.33. The van der Waals surface area contributed by atoms with Gasteiger partial charge in [-0.05, 0) is 36.2 Å². The molecule has 1 saturated heterocycles. The van der Waals surface area contributed by atoms with Crippen molar-refractivity contribution in [1.29, 1.82) is 0 Å². The summed E-state index contributed by atoms with van der Waals surface area (Å²) in [6.07, 6.45) is 1.10. The Kier molecular flexibility index (Phi) is 4.74. The van der Waals surface area contributed by atoms with Crippen molar-refractivity contribution < 1.29 is 9.29 Å². The van der Waals surface area contributed by atoms with Gasteiger partial charge in [-0.3, -0.25) is 0 Å². The maximum atomic E-state index is 13.0. The molecule has 2 aromatic carbocycles. The molecular weight excluding hydrogens is 275 g/mol. The van der Waals surface area contributed by atoms with Crippen molar-refractivity contribution >= 4 is 5.69 Å². The Morgan fingerprint density at radius 1 is 0.909 bits per heavy atom. The molecule has 1 heterocycles. The highest BCUT2D eigenvalue weighted by Gasteiger charge is 2.20. The molecule has 0 amide bonds. The molecule has 0 atom stereocenters. The molecule has 3 heteroatoms. The fourth-order valence-corrected chi connectivity index (χ4v) is 3.09. The van der Waals surface area contributed by atoms with Crippen LogP contribution in [0.25, 0.3) is 0 Å². The van der Waals surface area contributed by atoms with E-state index in [0.717, 1.165) is 44.8 Å². The van der Waals surface area contributed by atoms with Crippen molar-refractivity contribution in [1.82, 2.24) is 0 Å². The molecular formula is C19H24FN2+. The minimum Gasteiger partial charge on any atom is -0.360 e. The van der Waals surface area contributed by atoms with Crippen LogP contribution in [0, 0.1) is 5.82 Å². The summed E-state index contributed by atoms with van der Waals surface area (Å²) in [5.41, 5.74) is 3.95. The van der Waals surface area contributed by atoms with Crippen molar-refractivity contribution in [2.45, 2.75) is 19.9 Å². The molecule has 0 bridgehead atoms. The molecule has 0 saturated carbocycles. The van der Waals surface area contributed by atoms with Crippen LogP contribution in [-0.4, -0.2) is 26.2 Å². The van der Waals surface area contributed by atoms with E-state index in [1.165, 1.54) is 11.1 Å². The standard InChI is InChI=1S/C19H23FN2/c1-2-16-3-5-17(6-4-16)15-21-11-13-22(14-12-21)19-9-7-18(20)8-10-19/h3-10H,2,11-15H2,1H3/p+1. The van der Waals surface area contributed by atoms with Crippen LogP contribution in [0.3, 0.4) is 0 Å². The van der Waals surface area contributed by atoms with E-state index in [-0.39, 0.29) is 5.82 Å². The maximum Gasteiger partial charge on any atom is 0.123 e. The van der Waals surface area contributed by atoms with Crippen LogP contribution >= 0.6 is 0 Å². The molecule has 22 heavy (non-hydrogen) atoms. The molecule has 116 valence electrons. The number of aryl methyl sites for hydroxylation is 1. The second-order valence-corrected chi connectivity index (χ2v) is 6.06. The summed E-state index contributed by atoms with van der Waals surface area (Å²) in [6.45, 7) is 7.62. The van der Waals surface area contributed by atoms with E-state index in [4.69, 9.17) is 0 Å². The predicted octanol–water partition coefficient (Wildman–Crippen LogP) is 2.29. The van der Waals surface area contributed by atoms with E-state index in [1.54, 1.807) is 17.0 Å². The zero-order chi connectivity index (χ0) is 15.4. The van der Waals surface area contributed by atoms with E-state index in [0.29, 0.717) is 0 Å². The van der Waals surface area contributed by atoms with Gasteiger partial charge in [0.05, 0.1) is 26.2 Å². The van der Waals surface area contributed by atoms with E-state index >= 15 is 0 Å². The van der Waals surface area contributed by atoms with Crippen molar-refractivity contribution in [2.24, 2.45) is 0 Å². The third kappa shape index (κ3) is 3.66. The predicted molar refractivity (Wildman–Crippen MR) is 88.8 cm³/mol. The highest BCUT2D eigenvalue weighted by Crippen LogP contribution is 2.14. The van der Waals surface area contributed by atoms with Gasteiger partial charge >= 0.3 is 0 Å². The van der Waals surface area contributed by atoms with Gasteiger partial charge in [0.1, 0.15) is 12.4 Å². The molecule has 0 aliphatic carbocycles. The van der Waals surface area contributed by atoms with E-state index in [2.05, 4.69) is 36.1 Å². The van der Waals surface area contributed by atoms with E-state index in [1.807, 2.05) is 12.1 Å². The third-order valence-electron chi connectivity index (χ3n) is 4.55. The Hall–Kier alpha value is -1.87. The smallest absolute Gasteiger partial charge is 0.123 e. The minimum absolute atomic E-state index is 0.163. The van der Waals surface area contributed by atoms with Crippen molar-refractivity contribution in [3.8, 4) is 0 Å². The number of hydrogen-bond donors (Lipinski definition) is 1.